The van der Waals surface area contributed by atoms with Crippen LogP contribution >= 0.6 is 27.5 Å². The minimum Gasteiger partial charge on any atom is -0.491 e. The molecule has 0 saturated heterocycles. The Morgan fingerprint density at radius 2 is 2.04 bits per heavy atom. The zero-order chi connectivity index (χ0) is 17.5. The monoisotopic (exact) mass is 409 g/mol. The number of hydrogen-bond donors (Lipinski definition) is 1. The molecule has 128 valence electrons. The van der Waals surface area contributed by atoms with Crippen molar-refractivity contribution in [3.63, 3.8) is 0 Å². The van der Waals surface area contributed by atoms with Crippen LogP contribution in [0.1, 0.15) is 36.2 Å². The van der Waals surface area contributed by atoms with Crippen LogP contribution in [0.25, 0.3) is 0 Å². The van der Waals surface area contributed by atoms with Crippen LogP contribution in [0, 0.1) is 0 Å². The maximum atomic E-state index is 12.2. The van der Waals surface area contributed by atoms with Crippen molar-refractivity contribution < 1.29 is 9.53 Å². The van der Waals surface area contributed by atoms with Gasteiger partial charge in [-0.05, 0) is 62.6 Å². The Morgan fingerprint density at radius 3 is 2.79 bits per heavy atom. The molecule has 0 spiro atoms. The van der Waals surface area contributed by atoms with E-state index >= 15 is 0 Å². The second kappa shape index (κ2) is 9.09. The number of carbonyl (C=O) groups is 1. The lowest BCUT2D eigenvalue weighted by atomic mass is 10.1. The van der Waals surface area contributed by atoms with E-state index in [2.05, 4.69) is 27.3 Å². The Hall–Kier alpha value is -1.52. The zero-order valence-electron chi connectivity index (χ0n) is 13.8. The van der Waals surface area contributed by atoms with E-state index in [4.69, 9.17) is 16.3 Å². The fourth-order valence-electron chi connectivity index (χ4n) is 2.31. The maximum absolute atomic E-state index is 12.2. The summed E-state index contributed by atoms with van der Waals surface area (Å²) < 4.78 is 6.53. The van der Waals surface area contributed by atoms with Crippen LogP contribution in [0.15, 0.2) is 46.9 Å². The molecule has 0 atom stereocenters. The van der Waals surface area contributed by atoms with E-state index in [0.29, 0.717) is 17.1 Å². The third kappa shape index (κ3) is 5.84. The molecule has 0 saturated carbocycles. The van der Waals surface area contributed by atoms with Crippen LogP contribution in [0.2, 0.25) is 5.02 Å². The number of rotatable bonds is 7. The lowest BCUT2D eigenvalue weighted by molar-refractivity contribution is 0.0953. The number of halogens is 2. The average molecular weight is 411 g/mol. The van der Waals surface area contributed by atoms with Crippen molar-refractivity contribution in [3.05, 3.63) is 63.1 Å². The normalized spacial score (nSPS) is 10.7. The third-order valence-electron chi connectivity index (χ3n) is 3.37. The highest BCUT2D eigenvalue weighted by Crippen LogP contribution is 2.21. The SMILES string of the molecule is CC(C)Oc1cccc(CCCNC(=O)c2cc(Br)ccc2Cl)c1. The molecule has 2 rings (SSSR count). The van der Waals surface area contributed by atoms with E-state index in [1.807, 2.05) is 38.1 Å². The molecule has 5 heteroatoms. The Morgan fingerprint density at radius 1 is 1.25 bits per heavy atom. The summed E-state index contributed by atoms with van der Waals surface area (Å²) in [6.07, 6.45) is 1.89. The summed E-state index contributed by atoms with van der Waals surface area (Å²) in [6, 6.07) is 13.3. The molecule has 0 aromatic heterocycles. The fraction of sp³-hybridized carbons (Fsp3) is 0.316. The number of aryl methyl sites for hydroxylation is 1. The lowest BCUT2D eigenvalue weighted by Gasteiger charge is -2.11. The van der Waals surface area contributed by atoms with E-state index < -0.39 is 0 Å². The van der Waals surface area contributed by atoms with Gasteiger partial charge in [0.2, 0.25) is 0 Å². The minimum absolute atomic E-state index is 0.154. The number of carbonyl (C=O) groups excluding carboxylic acids is 1. The summed E-state index contributed by atoms with van der Waals surface area (Å²) in [6.45, 7) is 4.61. The minimum atomic E-state index is -0.154. The van der Waals surface area contributed by atoms with Gasteiger partial charge in [0, 0.05) is 11.0 Å². The number of amides is 1. The van der Waals surface area contributed by atoms with Crippen molar-refractivity contribution in [2.24, 2.45) is 0 Å². The molecule has 24 heavy (non-hydrogen) atoms. The summed E-state index contributed by atoms with van der Waals surface area (Å²) in [7, 11) is 0. The Labute approximate surface area is 156 Å². The Balaban J connectivity index is 1.82. The maximum Gasteiger partial charge on any atom is 0.252 e. The second-order valence-electron chi connectivity index (χ2n) is 5.80. The molecule has 0 aliphatic carbocycles. The van der Waals surface area contributed by atoms with Gasteiger partial charge >= 0.3 is 0 Å². The van der Waals surface area contributed by atoms with Gasteiger partial charge in [0.1, 0.15) is 5.75 Å². The van der Waals surface area contributed by atoms with Crippen LogP contribution < -0.4 is 10.1 Å². The summed E-state index contributed by atoms with van der Waals surface area (Å²) >= 11 is 9.41. The number of benzene rings is 2. The largest absolute Gasteiger partial charge is 0.491 e. The summed E-state index contributed by atoms with van der Waals surface area (Å²) in [5, 5.41) is 3.36. The first-order valence-electron chi connectivity index (χ1n) is 7.94. The molecule has 1 amide bonds. The van der Waals surface area contributed by atoms with Gasteiger partial charge < -0.3 is 10.1 Å². The predicted molar refractivity (Wildman–Crippen MR) is 102 cm³/mol. The molecule has 1 N–H and O–H groups in total. The highest BCUT2D eigenvalue weighted by molar-refractivity contribution is 9.10. The molecule has 0 heterocycles. The third-order valence-corrected chi connectivity index (χ3v) is 4.19. The van der Waals surface area contributed by atoms with Crippen LogP contribution in [0.5, 0.6) is 5.75 Å². The standard InChI is InChI=1S/C19H21BrClNO2/c1-13(2)24-16-7-3-5-14(11-16)6-4-10-22-19(23)17-12-15(20)8-9-18(17)21/h3,5,7-9,11-13H,4,6,10H2,1-2H3,(H,22,23). The predicted octanol–water partition coefficient (Wildman–Crippen LogP) is 5.25. The molecule has 0 aliphatic rings. The fourth-order valence-corrected chi connectivity index (χ4v) is 2.87. The van der Waals surface area contributed by atoms with E-state index in [-0.39, 0.29) is 12.0 Å². The van der Waals surface area contributed by atoms with Gasteiger partial charge in [-0.15, -0.1) is 0 Å². The summed E-state index contributed by atoms with van der Waals surface area (Å²) in [5.41, 5.74) is 1.68. The van der Waals surface area contributed by atoms with Gasteiger partial charge in [0.15, 0.2) is 0 Å². The average Bonchev–Trinajstić information content (AvgIpc) is 2.53. The smallest absolute Gasteiger partial charge is 0.252 e. The lowest BCUT2D eigenvalue weighted by Crippen LogP contribution is -2.25. The molecular formula is C19H21BrClNO2. The number of hydrogen-bond acceptors (Lipinski definition) is 2. The Kier molecular flexibility index (Phi) is 7.13. The first-order chi connectivity index (χ1) is 11.5. The quantitative estimate of drug-likeness (QED) is 0.633. The highest BCUT2D eigenvalue weighted by Gasteiger charge is 2.10. The van der Waals surface area contributed by atoms with Gasteiger partial charge in [-0.1, -0.05) is 39.7 Å². The van der Waals surface area contributed by atoms with Gasteiger partial charge in [-0.2, -0.15) is 0 Å². The van der Waals surface area contributed by atoms with Crippen LogP contribution in [-0.4, -0.2) is 18.6 Å². The van der Waals surface area contributed by atoms with Crippen molar-refractivity contribution in [2.75, 3.05) is 6.54 Å². The van der Waals surface area contributed by atoms with Crippen molar-refractivity contribution >= 4 is 33.4 Å². The zero-order valence-corrected chi connectivity index (χ0v) is 16.2. The molecule has 0 aliphatic heterocycles. The molecular weight excluding hydrogens is 390 g/mol. The van der Waals surface area contributed by atoms with Crippen LogP contribution in [0.3, 0.4) is 0 Å². The van der Waals surface area contributed by atoms with E-state index in [1.165, 1.54) is 5.56 Å². The number of ether oxygens (including phenoxy) is 1. The Bertz CT molecular complexity index is 704. The molecule has 0 unspecified atom stereocenters. The van der Waals surface area contributed by atoms with Crippen molar-refractivity contribution in [2.45, 2.75) is 32.8 Å². The topological polar surface area (TPSA) is 38.3 Å². The first kappa shape index (κ1) is 18.8. The van der Waals surface area contributed by atoms with Gasteiger partial charge in [0.25, 0.3) is 5.91 Å². The van der Waals surface area contributed by atoms with Gasteiger partial charge in [-0.3, -0.25) is 4.79 Å². The molecule has 0 bridgehead atoms. The molecule has 0 fully saturated rings. The van der Waals surface area contributed by atoms with Crippen molar-refractivity contribution in [1.29, 1.82) is 0 Å². The van der Waals surface area contributed by atoms with Gasteiger partial charge in [0.05, 0.1) is 16.7 Å². The molecule has 2 aromatic rings. The second-order valence-corrected chi connectivity index (χ2v) is 7.12. The van der Waals surface area contributed by atoms with E-state index in [1.54, 1.807) is 12.1 Å². The molecule has 2 aromatic carbocycles. The molecule has 0 radical (unpaired) electrons. The van der Waals surface area contributed by atoms with Crippen molar-refractivity contribution in [3.8, 4) is 5.75 Å². The molecule has 3 nitrogen and oxygen atoms in total. The van der Waals surface area contributed by atoms with Crippen molar-refractivity contribution in [1.82, 2.24) is 5.32 Å². The van der Waals surface area contributed by atoms with Crippen LogP contribution in [0.4, 0.5) is 0 Å². The summed E-state index contributed by atoms with van der Waals surface area (Å²) in [4.78, 5) is 12.2. The summed E-state index contributed by atoms with van der Waals surface area (Å²) in [5.74, 6) is 0.727. The number of nitrogens with one attached hydrogen (secondary N) is 1. The van der Waals surface area contributed by atoms with E-state index in [9.17, 15) is 4.79 Å². The van der Waals surface area contributed by atoms with E-state index in [0.717, 1.165) is 23.1 Å². The van der Waals surface area contributed by atoms with Crippen LogP contribution in [-0.2, 0) is 6.42 Å². The first-order valence-corrected chi connectivity index (χ1v) is 9.11. The highest BCUT2D eigenvalue weighted by atomic mass is 79.9. The van der Waals surface area contributed by atoms with Gasteiger partial charge in [-0.25, -0.2) is 0 Å².